The van der Waals surface area contributed by atoms with Gasteiger partial charge in [0.2, 0.25) is 0 Å². The molecule has 186 valence electrons. The largest absolute Gasteiger partial charge is 0.328 e. The number of carbonyl (C=O) groups is 1. The van der Waals surface area contributed by atoms with Crippen molar-refractivity contribution in [3.05, 3.63) is 98.5 Å². The minimum atomic E-state index is -0.533. The molecule has 1 atom stereocenters. The molecule has 0 aliphatic rings. The molecule has 4 rings (SSSR count). The third kappa shape index (κ3) is 6.13. The summed E-state index contributed by atoms with van der Waals surface area (Å²) in [7, 11) is 0. The summed E-state index contributed by atoms with van der Waals surface area (Å²) in [5.74, 6) is 0.767. The monoisotopic (exact) mass is 563 g/mol. The molecule has 36 heavy (non-hydrogen) atoms. The fourth-order valence-electron chi connectivity index (χ4n) is 3.45. The molecule has 6 nitrogen and oxygen atoms in total. The third-order valence-electron chi connectivity index (χ3n) is 5.29. The van der Waals surface area contributed by atoms with E-state index in [0.717, 1.165) is 16.8 Å². The van der Waals surface area contributed by atoms with Gasteiger partial charge in [-0.05, 0) is 61.4 Å². The zero-order valence-corrected chi connectivity index (χ0v) is 22.3. The van der Waals surface area contributed by atoms with Gasteiger partial charge in [-0.3, -0.25) is 4.57 Å². The van der Waals surface area contributed by atoms with E-state index < -0.39 is 12.1 Å². The van der Waals surface area contributed by atoms with Gasteiger partial charge in [0.1, 0.15) is 5.82 Å². The first-order valence-electron chi connectivity index (χ1n) is 10.8. The van der Waals surface area contributed by atoms with Crippen LogP contribution in [0.25, 0.3) is 5.69 Å². The number of halogens is 4. The van der Waals surface area contributed by atoms with Gasteiger partial charge in [0.25, 0.3) is 0 Å². The average molecular weight is 565 g/mol. The maximum Gasteiger partial charge on any atom is 0.319 e. The van der Waals surface area contributed by atoms with Crippen LogP contribution in [0.4, 0.5) is 14.9 Å². The van der Waals surface area contributed by atoms with Gasteiger partial charge < -0.3 is 10.6 Å². The standard InChI is InChI=1S/C25H21Cl3FN5OS/c1-14-6-9-17(26)12-21(14)34-23(32-33-25(34)36-13-16-7-10-18(29)11-8-16)15(2)30-24(35)31-20-5-3-4-19(27)22(20)28/h3-12,15H,13H2,1-2H3,(H2,30,31,35). The lowest BCUT2D eigenvalue weighted by atomic mass is 10.2. The van der Waals surface area contributed by atoms with Crippen LogP contribution in [0, 0.1) is 12.7 Å². The summed E-state index contributed by atoms with van der Waals surface area (Å²) in [5, 5.41) is 16.1. The molecule has 0 fully saturated rings. The van der Waals surface area contributed by atoms with E-state index in [1.54, 1.807) is 43.3 Å². The highest BCUT2D eigenvalue weighted by Gasteiger charge is 2.23. The molecule has 0 spiro atoms. The SMILES string of the molecule is Cc1ccc(Cl)cc1-n1c(SCc2ccc(F)cc2)nnc1C(C)NC(=O)Nc1cccc(Cl)c1Cl. The Morgan fingerprint density at radius 2 is 1.83 bits per heavy atom. The van der Waals surface area contributed by atoms with E-state index in [1.165, 1.54) is 23.9 Å². The van der Waals surface area contributed by atoms with Crippen LogP contribution < -0.4 is 10.6 Å². The fourth-order valence-corrected chi connectivity index (χ4v) is 4.88. The second kappa shape index (κ2) is 11.5. The number of thioether (sulfide) groups is 1. The van der Waals surface area contributed by atoms with Gasteiger partial charge >= 0.3 is 6.03 Å². The number of anilines is 1. The van der Waals surface area contributed by atoms with Crippen LogP contribution in [0.1, 0.15) is 29.9 Å². The first kappa shape index (κ1) is 26.3. The first-order valence-corrected chi connectivity index (χ1v) is 13.0. The quantitative estimate of drug-likeness (QED) is 0.224. The van der Waals surface area contributed by atoms with Gasteiger partial charge in [-0.25, -0.2) is 9.18 Å². The third-order valence-corrected chi connectivity index (χ3v) is 7.34. The lowest BCUT2D eigenvalue weighted by Crippen LogP contribution is -2.32. The van der Waals surface area contributed by atoms with Gasteiger partial charge in [-0.1, -0.05) is 70.8 Å². The second-order valence-electron chi connectivity index (χ2n) is 7.94. The van der Waals surface area contributed by atoms with E-state index in [-0.39, 0.29) is 10.8 Å². The molecule has 1 aromatic heterocycles. The van der Waals surface area contributed by atoms with E-state index in [0.29, 0.717) is 32.5 Å². The Balaban J connectivity index is 1.61. The summed E-state index contributed by atoms with van der Waals surface area (Å²) >= 11 is 20.0. The van der Waals surface area contributed by atoms with Crippen LogP contribution in [0.15, 0.2) is 65.8 Å². The minimum Gasteiger partial charge on any atom is -0.328 e. The van der Waals surface area contributed by atoms with Crippen LogP contribution in [0.3, 0.4) is 0 Å². The first-order chi connectivity index (χ1) is 17.2. The molecule has 3 aromatic carbocycles. The molecular weight excluding hydrogens is 544 g/mol. The number of aromatic nitrogens is 3. The molecule has 0 aliphatic carbocycles. The summed E-state index contributed by atoms with van der Waals surface area (Å²) in [6, 6.07) is 15.8. The maximum atomic E-state index is 13.3. The van der Waals surface area contributed by atoms with Crippen molar-refractivity contribution < 1.29 is 9.18 Å². The van der Waals surface area contributed by atoms with Crippen molar-refractivity contribution in [3.8, 4) is 5.69 Å². The van der Waals surface area contributed by atoms with Gasteiger partial charge in [0.15, 0.2) is 11.0 Å². The van der Waals surface area contributed by atoms with E-state index in [1.807, 2.05) is 23.6 Å². The predicted molar refractivity (Wildman–Crippen MR) is 144 cm³/mol. The van der Waals surface area contributed by atoms with E-state index >= 15 is 0 Å². The Morgan fingerprint density at radius 3 is 2.58 bits per heavy atom. The summed E-state index contributed by atoms with van der Waals surface area (Å²) in [6.45, 7) is 3.75. The molecule has 0 saturated heterocycles. The minimum absolute atomic E-state index is 0.249. The van der Waals surface area contributed by atoms with Crippen molar-refractivity contribution in [2.75, 3.05) is 5.32 Å². The normalized spacial score (nSPS) is 11.8. The van der Waals surface area contributed by atoms with Crippen molar-refractivity contribution in [2.24, 2.45) is 0 Å². The Hall–Kier alpha value is -2.78. The van der Waals surface area contributed by atoms with E-state index in [4.69, 9.17) is 34.8 Å². The smallest absolute Gasteiger partial charge is 0.319 e. The topological polar surface area (TPSA) is 71.8 Å². The highest BCUT2D eigenvalue weighted by Crippen LogP contribution is 2.31. The van der Waals surface area contributed by atoms with Crippen molar-refractivity contribution in [2.45, 2.75) is 30.8 Å². The molecule has 1 unspecified atom stereocenters. The van der Waals surface area contributed by atoms with Crippen LogP contribution >= 0.6 is 46.6 Å². The molecular formula is C25H21Cl3FN5OS. The van der Waals surface area contributed by atoms with Crippen LogP contribution in [0.2, 0.25) is 15.1 Å². The van der Waals surface area contributed by atoms with Crippen molar-refractivity contribution in [1.82, 2.24) is 20.1 Å². The Kier molecular flexibility index (Phi) is 8.41. The molecule has 0 saturated carbocycles. The lowest BCUT2D eigenvalue weighted by molar-refractivity contribution is 0.249. The number of carbonyl (C=O) groups excluding carboxylic acids is 1. The second-order valence-corrected chi connectivity index (χ2v) is 10.1. The van der Waals surface area contributed by atoms with E-state index in [9.17, 15) is 9.18 Å². The summed E-state index contributed by atoms with van der Waals surface area (Å²) < 4.78 is 15.2. The summed E-state index contributed by atoms with van der Waals surface area (Å²) in [6.07, 6.45) is 0. The lowest BCUT2D eigenvalue weighted by Gasteiger charge is -2.18. The average Bonchev–Trinajstić information content (AvgIpc) is 3.27. The summed E-state index contributed by atoms with van der Waals surface area (Å²) in [5.41, 5.74) is 3.06. The van der Waals surface area contributed by atoms with Crippen LogP contribution in [-0.4, -0.2) is 20.8 Å². The number of hydrogen-bond acceptors (Lipinski definition) is 4. The highest BCUT2D eigenvalue weighted by molar-refractivity contribution is 7.98. The Bertz CT molecular complexity index is 1400. The molecule has 1 heterocycles. The number of aryl methyl sites for hydroxylation is 1. The number of nitrogens with one attached hydrogen (secondary N) is 2. The number of urea groups is 1. The molecule has 0 radical (unpaired) electrons. The van der Waals surface area contributed by atoms with Gasteiger partial charge in [-0.2, -0.15) is 0 Å². The van der Waals surface area contributed by atoms with Crippen LogP contribution in [-0.2, 0) is 5.75 Å². The fraction of sp³-hybridized carbons (Fsp3) is 0.160. The van der Waals surface area contributed by atoms with Gasteiger partial charge in [0, 0.05) is 10.8 Å². The Labute approximate surface area is 227 Å². The van der Waals surface area contributed by atoms with Crippen LogP contribution in [0.5, 0.6) is 0 Å². The molecule has 0 aliphatic heterocycles. The highest BCUT2D eigenvalue weighted by atomic mass is 35.5. The number of hydrogen-bond donors (Lipinski definition) is 2. The maximum absolute atomic E-state index is 13.3. The predicted octanol–water partition coefficient (Wildman–Crippen LogP) is 7.85. The van der Waals surface area contributed by atoms with Gasteiger partial charge in [0.05, 0.1) is 27.5 Å². The van der Waals surface area contributed by atoms with Gasteiger partial charge in [-0.15, -0.1) is 10.2 Å². The molecule has 2 amide bonds. The van der Waals surface area contributed by atoms with Crippen molar-refractivity contribution in [1.29, 1.82) is 0 Å². The molecule has 11 heteroatoms. The Morgan fingerprint density at radius 1 is 1.08 bits per heavy atom. The van der Waals surface area contributed by atoms with E-state index in [2.05, 4.69) is 20.8 Å². The van der Waals surface area contributed by atoms with Crippen molar-refractivity contribution >= 4 is 58.3 Å². The zero-order chi connectivity index (χ0) is 25.8. The molecule has 2 N–H and O–H groups in total. The van der Waals surface area contributed by atoms with Crippen molar-refractivity contribution in [3.63, 3.8) is 0 Å². The molecule has 4 aromatic rings. The summed E-state index contributed by atoms with van der Waals surface area (Å²) in [4.78, 5) is 12.7. The number of nitrogens with zero attached hydrogens (tertiary/aromatic N) is 3. The number of rotatable bonds is 7. The molecule has 0 bridgehead atoms. The number of amides is 2. The zero-order valence-electron chi connectivity index (χ0n) is 19.2. The number of benzene rings is 3.